The molecule has 0 aromatic heterocycles. The molecule has 0 spiro atoms. The van der Waals surface area contributed by atoms with E-state index in [-0.39, 0.29) is 16.1 Å². The molecule has 0 radical (unpaired) electrons. The lowest BCUT2D eigenvalue weighted by Gasteiger charge is -2.14. The molecule has 1 atom stereocenters. The molecule has 2 aromatic carbocycles. The lowest BCUT2D eigenvalue weighted by Crippen LogP contribution is -2.30. The maximum absolute atomic E-state index is 12.2. The summed E-state index contributed by atoms with van der Waals surface area (Å²) in [4.78, 5) is 24.3. The van der Waals surface area contributed by atoms with Crippen molar-refractivity contribution in [2.24, 2.45) is 5.14 Å². The number of benzene rings is 2. The Morgan fingerprint density at radius 2 is 1.85 bits per heavy atom. The first-order valence-electron chi connectivity index (χ1n) is 7.91. The number of esters is 1. The normalized spacial score (nSPS) is 12.1. The number of ether oxygens (including phenoxy) is 2. The summed E-state index contributed by atoms with van der Waals surface area (Å²) >= 11 is 0. The second-order valence-corrected chi connectivity index (χ2v) is 7.36. The van der Waals surface area contributed by atoms with Crippen molar-refractivity contribution in [3.63, 3.8) is 0 Å². The van der Waals surface area contributed by atoms with E-state index in [0.29, 0.717) is 5.75 Å². The molecule has 144 valence electrons. The van der Waals surface area contributed by atoms with Crippen molar-refractivity contribution in [2.75, 3.05) is 12.4 Å². The Kier molecular flexibility index (Phi) is 6.19. The van der Waals surface area contributed by atoms with Gasteiger partial charge in [0, 0.05) is 5.69 Å². The lowest BCUT2D eigenvalue weighted by molar-refractivity contribution is -0.123. The maximum Gasteiger partial charge on any atom is 0.339 e. The summed E-state index contributed by atoms with van der Waals surface area (Å²) in [6.45, 7) is 3.24. The number of primary sulfonamides is 1. The molecule has 1 amide bonds. The fourth-order valence-electron chi connectivity index (χ4n) is 2.22. The summed E-state index contributed by atoms with van der Waals surface area (Å²) < 4.78 is 33.1. The van der Waals surface area contributed by atoms with Crippen LogP contribution in [-0.4, -0.2) is 33.5 Å². The summed E-state index contributed by atoms with van der Waals surface area (Å²) in [5.41, 5.74) is 1.31. The minimum absolute atomic E-state index is 0.142. The van der Waals surface area contributed by atoms with E-state index in [1.54, 1.807) is 12.1 Å². The van der Waals surface area contributed by atoms with E-state index in [2.05, 4.69) is 5.32 Å². The average molecular weight is 392 g/mol. The van der Waals surface area contributed by atoms with Crippen molar-refractivity contribution < 1.29 is 27.5 Å². The Morgan fingerprint density at radius 1 is 1.15 bits per heavy atom. The van der Waals surface area contributed by atoms with Crippen molar-refractivity contribution in [1.29, 1.82) is 0 Å². The zero-order chi connectivity index (χ0) is 20.2. The summed E-state index contributed by atoms with van der Waals surface area (Å²) in [6.07, 6.45) is -1.11. The number of carbonyl (C=O) groups excluding carboxylic acids is 2. The first-order valence-corrected chi connectivity index (χ1v) is 9.46. The standard InChI is InChI=1S/C18H20N2O6S/c1-11-7-8-13(9-16(11)25-3)18(22)26-12(2)17(21)20-14-5-4-6-15(10-14)27(19,23)24/h4-10,12H,1-3H3,(H,20,21)(H2,19,23,24)/t12-/m0/s1. The summed E-state index contributed by atoms with van der Waals surface area (Å²) in [5, 5.41) is 7.54. The summed E-state index contributed by atoms with van der Waals surface area (Å²) in [6, 6.07) is 10.2. The van der Waals surface area contributed by atoms with Crippen LogP contribution in [0.2, 0.25) is 0 Å². The molecule has 0 aliphatic carbocycles. The zero-order valence-electron chi connectivity index (χ0n) is 15.1. The van der Waals surface area contributed by atoms with Gasteiger partial charge in [-0.05, 0) is 49.7 Å². The van der Waals surface area contributed by atoms with Gasteiger partial charge in [0.05, 0.1) is 17.6 Å². The molecule has 0 saturated carbocycles. The number of nitrogens with two attached hydrogens (primary N) is 1. The first-order chi connectivity index (χ1) is 12.6. The number of nitrogens with one attached hydrogen (secondary N) is 1. The number of hydrogen-bond donors (Lipinski definition) is 2. The van der Waals surface area contributed by atoms with E-state index in [1.807, 2.05) is 6.92 Å². The van der Waals surface area contributed by atoms with E-state index in [0.717, 1.165) is 5.56 Å². The van der Waals surface area contributed by atoms with Crippen molar-refractivity contribution in [3.05, 3.63) is 53.6 Å². The van der Waals surface area contributed by atoms with E-state index < -0.39 is 28.0 Å². The second kappa shape index (κ2) is 8.19. The van der Waals surface area contributed by atoms with E-state index >= 15 is 0 Å². The zero-order valence-corrected chi connectivity index (χ0v) is 15.9. The smallest absolute Gasteiger partial charge is 0.339 e. The van der Waals surface area contributed by atoms with Crippen molar-refractivity contribution in [1.82, 2.24) is 0 Å². The predicted octanol–water partition coefficient (Wildman–Crippen LogP) is 1.84. The van der Waals surface area contributed by atoms with Gasteiger partial charge in [0.2, 0.25) is 10.0 Å². The molecule has 9 heteroatoms. The Morgan fingerprint density at radius 3 is 2.48 bits per heavy atom. The summed E-state index contributed by atoms with van der Waals surface area (Å²) in [7, 11) is -2.41. The number of carbonyl (C=O) groups is 2. The molecular weight excluding hydrogens is 372 g/mol. The Hall–Kier alpha value is -2.91. The Balaban J connectivity index is 2.06. The van der Waals surface area contributed by atoms with Gasteiger partial charge in [-0.1, -0.05) is 12.1 Å². The molecule has 8 nitrogen and oxygen atoms in total. The molecule has 2 aromatic rings. The molecule has 0 fully saturated rings. The van der Waals surface area contributed by atoms with Crippen LogP contribution in [0.5, 0.6) is 5.75 Å². The number of methoxy groups -OCH3 is 1. The minimum Gasteiger partial charge on any atom is -0.496 e. The highest BCUT2D eigenvalue weighted by Gasteiger charge is 2.20. The number of aryl methyl sites for hydroxylation is 1. The van der Waals surface area contributed by atoms with Crippen LogP contribution in [0.4, 0.5) is 5.69 Å². The second-order valence-electron chi connectivity index (χ2n) is 5.79. The van der Waals surface area contributed by atoms with Crippen LogP contribution in [0, 0.1) is 6.92 Å². The first kappa shape index (κ1) is 20.4. The SMILES string of the molecule is COc1cc(C(=O)O[C@@H](C)C(=O)Nc2cccc(S(N)(=O)=O)c2)ccc1C. The third-order valence-electron chi connectivity index (χ3n) is 3.73. The molecule has 2 rings (SSSR count). The number of hydrogen-bond acceptors (Lipinski definition) is 6. The molecular formula is C18H20N2O6S. The van der Waals surface area contributed by atoms with Gasteiger partial charge in [0.1, 0.15) is 5.75 Å². The van der Waals surface area contributed by atoms with Gasteiger partial charge in [-0.25, -0.2) is 18.4 Å². The van der Waals surface area contributed by atoms with Gasteiger partial charge in [0.25, 0.3) is 5.91 Å². The van der Waals surface area contributed by atoms with Gasteiger partial charge in [-0.15, -0.1) is 0 Å². The molecule has 0 unspecified atom stereocenters. The highest BCUT2D eigenvalue weighted by Crippen LogP contribution is 2.20. The highest BCUT2D eigenvalue weighted by atomic mass is 32.2. The summed E-state index contributed by atoms with van der Waals surface area (Å²) in [5.74, 6) is -0.774. The van der Waals surface area contributed by atoms with Crippen LogP contribution >= 0.6 is 0 Å². The molecule has 0 saturated heterocycles. The van der Waals surface area contributed by atoms with Gasteiger partial charge in [-0.3, -0.25) is 4.79 Å². The molecule has 0 bridgehead atoms. The largest absolute Gasteiger partial charge is 0.496 e. The third kappa shape index (κ3) is 5.28. The van der Waals surface area contributed by atoms with Gasteiger partial charge in [0.15, 0.2) is 6.10 Å². The molecule has 0 aliphatic rings. The lowest BCUT2D eigenvalue weighted by atomic mass is 10.1. The number of sulfonamides is 1. The Labute approximate surface area is 157 Å². The van der Waals surface area contributed by atoms with Crippen LogP contribution in [-0.2, 0) is 19.6 Å². The minimum atomic E-state index is -3.90. The van der Waals surface area contributed by atoms with Crippen LogP contribution in [0.25, 0.3) is 0 Å². The van der Waals surface area contributed by atoms with E-state index in [4.69, 9.17) is 14.6 Å². The number of amides is 1. The Bertz CT molecular complexity index is 972. The van der Waals surface area contributed by atoms with Gasteiger partial charge >= 0.3 is 5.97 Å². The quantitative estimate of drug-likeness (QED) is 0.723. The van der Waals surface area contributed by atoms with Crippen molar-refractivity contribution >= 4 is 27.6 Å². The maximum atomic E-state index is 12.2. The fourth-order valence-corrected chi connectivity index (χ4v) is 2.78. The topological polar surface area (TPSA) is 125 Å². The van der Waals surface area contributed by atoms with Crippen LogP contribution in [0.15, 0.2) is 47.4 Å². The van der Waals surface area contributed by atoms with Crippen LogP contribution in [0.1, 0.15) is 22.8 Å². The molecule has 0 aliphatic heterocycles. The van der Waals surface area contributed by atoms with Crippen LogP contribution in [0.3, 0.4) is 0 Å². The van der Waals surface area contributed by atoms with Crippen molar-refractivity contribution in [3.8, 4) is 5.75 Å². The fraction of sp³-hybridized carbons (Fsp3) is 0.222. The molecule has 27 heavy (non-hydrogen) atoms. The van der Waals surface area contributed by atoms with Gasteiger partial charge in [-0.2, -0.15) is 0 Å². The van der Waals surface area contributed by atoms with E-state index in [1.165, 1.54) is 44.4 Å². The molecule has 3 N–H and O–H groups in total. The van der Waals surface area contributed by atoms with E-state index in [9.17, 15) is 18.0 Å². The van der Waals surface area contributed by atoms with Crippen LogP contribution < -0.4 is 15.2 Å². The molecule has 0 heterocycles. The number of anilines is 1. The monoisotopic (exact) mass is 392 g/mol. The van der Waals surface area contributed by atoms with Gasteiger partial charge < -0.3 is 14.8 Å². The predicted molar refractivity (Wildman–Crippen MR) is 99.1 cm³/mol. The third-order valence-corrected chi connectivity index (χ3v) is 4.64. The average Bonchev–Trinajstić information content (AvgIpc) is 2.61. The highest BCUT2D eigenvalue weighted by molar-refractivity contribution is 7.89. The van der Waals surface area contributed by atoms with Crippen molar-refractivity contribution in [2.45, 2.75) is 24.8 Å². The number of rotatable bonds is 6.